The third-order valence-electron chi connectivity index (χ3n) is 1.39. The van der Waals surface area contributed by atoms with Crippen molar-refractivity contribution in [1.29, 1.82) is 0 Å². The summed E-state index contributed by atoms with van der Waals surface area (Å²) in [7, 11) is 1.61. The number of rotatable bonds is 3. The molecule has 0 aliphatic carbocycles. The van der Waals surface area contributed by atoms with Gasteiger partial charge in [0, 0.05) is 13.6 Å². The molecule has 1 N–H and O–H groups in total. The van der Waals surface area contributed by atoms with Gasteiger partial charge in [0.25, 0.3) is 0 Å². The molecule has 0 atom stereocenters. The third-order valence-corrected chi connectivity index (χ3v) is 1.39. The monoisotopic (exact) mass is 201 g/mol. The Morgan fingerprint density at radius 1 is 1.50 bits per heavy atom. The maximum Gasteiger partial charge on any atom is 0.410 e. The Balaban J connectivity index is 4.07. The molecule has 0 aromatic rings. The van der Waals surface area contributed by atoms with Gasteiger partial charge in [0.1, 0.15) is 5.60 Å². The van der Waals surface area contributed by atoms with Crippen LogP contribution in [0.15, 0.2) is 12.2 Å². The number of aliphatic hydroxyl groups excluding tert-OH is 1. The van der Waals surface area contributed by atoms with Crippen LogP contribution >= 0.6 is 0 Å². The van der Waals surface area contributed by atoms with Crippen molar-refractivity contribution in [3.63, 3.8) is 0 Å². The Labute approximate surface area is 85.2 Å². The minimum Gasteiger partial charge on any atom is -0.444 e. The summed E-state index contributed by atoms with van der Waals surface area (Å²) in [4.78, 5) is 12.8. The summed E-state index contributed by atoms with van der Waals surface area (Å²) >= 11 is 0. The van der Waals surface area contributed by atoms with E-state index in [1.165, 1.54) is 4.90 Å². The van der Waals surface area contributed by atoms with E-state index in [9.17, 15) is 4.79 Å². The number of aliphatic hydroxyl groups is 1. The number of hydrogen-bond acceptors (Lipinski definition) is 3. The largest absolute Gasteiger partial charge is 0.444 e. The number of nitrogens with zero attached hydrogens (tertiary/aromatic N) is 1. The average Bonchev–Trinajstić information content (AvgIpc) is 2.00. The van der Waals surface area contributed by atoms with Crippen molar-refractivity contribution >= 4 is 6.09 Å². The van der Waals surface area contributed by atoms with E-state index in [0.717, 1.165) is 0 Å². The molecule has 0 saturated heterocycles. The first-order chi connectivity index (χ1) is 6.26. The van der Waals surface area contributed by atoms with Crippen molar-refractivity contribution in [3.8, 4) is 0 Å². The summed E-state index contributed by atoms with van der Waals surface area (Å²) in [5.74, 6) is 0. The number of ether oxygens (including phenoxy) is 1. The zero-order chi connectivity index (χ0) is 11.4. The van der Waals surface area contributed by atoms with Gasteiger partial charge in [-0.1, -0.05) is 6.58 Å². The second-order valence-electron chi connectivity index (χ2n) is 4.24. The molecule has 0 spiro atoms. The lowest BCUT2D eigenvalue weighted by Crippen LogP contribution is -2.35. The first kappa shape index (κ1) is 13.0. The van der Waals surface area contributed by atoms with Crippen LogP contribution in [0.4, 0.5) is 4.79 Å². The van der Waals surface area contributed by atoms with Crippen molar-refractivity contribution in [1.82, 2.24) is 4.90 Å². The molecule has 0 aromatic heterocycles. The molecule has 0 heterocycles. The lowest BCUT2D eigenvalue weighted by Gasteiger charge is -2.24. The normalized spacial score (nSPS) is 10.9. The fraction of sp³-hybridized carbons (Fsp3) is 0.700. The number of carbonyl (C=O) groups is 1. The lowest BCUT2D eigenvalue weighted by molar-refractivity contribution is 0.0310. The number of carbonyl (C=O) groups excluding carboxylic acids is 1. The Hall–Kier alpha value is -1.03. The van der Waals surface area contributed by atoms with Crippen LogP contribution in [0.1, 0.15) is 20.8 Å². The standard InChI is InChI=1S/C10H19NO3/c1-8(7-12)6-11(5)9(13)14-10(2,3)4/h12H,1,6-7H2,2-5H3. The van der Waals surface area contributed by atoms with Gasteiger partial charge in [-0.3, -0.25) is 0 Å². The lowest BCUT2D eigenvalue weighted by atomic mass is 10.2. The fourth-order valence-electron chi connectivity index (χ4n) is 0.790. The Morgan fingerprint density at radius 2 is 2.00 bits per heavy atom. The Bertz CT molecular complexity index is 218. The van der Waals surface area contributed by atoms with Gasteiger partial charge in [-0.15, -0.1) is 0 Å². The molecule has 0 unspecified atom stereocenters. The van der Waals surface area contributed by atoms with E-state index in [1.54, 1.807) is 27.8 Å². The van der Waals surface area contributed by atoms with E-state index < -0.39 is 11.7 Å². The van der Waals surface area contributed by atoms with Crippen LogP contribution in [0.5, 0.6) is 0 Å². The van der Waals surface area contributed by atoms with Gasteiger partial charge in [-0.2, -0.15) is 0 Å². The third kappa shape index (κ3) is 5.59. The van der Waals surface area contributed by atoms with Gasteiger partial charge in [-0.25, -0.2) is 4.79 Å². The highest BCUT2D eigenvalue weighted by Crippen LogP contribution is 2.09. The highest BCUT2D eigenvalue weighted by molar-refractivity contribution is 5.68. The van der Waals surface area contributed by atoms with Gasteiger partial charge >= 0.3 is 6.09 Å². The maximum atomic E-state index is 11.4. The summed E-state index contributed by atoms with van der Waals surface area (Å²) in [5.41, 5.74) is 0.0877. The molecule has 0 aliphatic rings. The minimum absolute atomic E-state index is 0.118. The van der Waals surface area contributed by atoms with Crippen molar-refractivity contribution < 1.29 is 14.6 Å². The molecule has 0 aliphatic heterocycles. The molecule has 0 aromatic carbocycles. The predicted molar refractivity (Wildman–Crippen MR) is 55.1 cm³/mol. The van der Waals surface area contributed by atoms with Gasteiger partial charge in [-0.05, 0) is 26.3 Å². The molecule has 14 heavy (non-hydrogen) atoms. The fourth-order valence-corrected chi connectivity index (χ4v) is 0.790. The first-order valence-corrected chi connectivity index (χ1v) is 4.48. The molecule has 4 heteroatoms. The zero-order valence-electron chi connectivity index (χ0n) is 9.33. The average molecular weight is 201 g/mol. The van der Waals surface area contributed by atoms with Crippen LogP contribution in [-0.2, 0) is 4.74 Å². The SMILES string of the molecule is C=C(CO)CN(C)C(=O)OC(C)(C)C. The van der Waals surface area contributed by atoms with Gasteiger partial charge < -0.3 is 14.7 Å². The molecule has 0 radical (unpaired) electrons. The summed E-state index contributed by atoms with van der Waals surface area (Å²) in [6.07, 6.45) is -0.410. The summed E-state index contributed by atoms with van der Waals surface area (Å²) in [6.45, 7) is 9.20. The second-order valence-corrected chi connectivity index (χ2v) is 4.24. The maximum absolute atomic E-state index is 11.4. The van der Waals surface area contributed by atoms with E-state index in [2.05, 4.69) is 6.58 Å². The Kier molecular flexibility index (Phi) is 4.63. The van der Waals surface area contributed by atoms with E-state index in [4.69, 9.17) is 9.84 Å². The minimum atomic E-state index is -0.494. The molecule has 0 fully saturated rings. The Morgan fingerprint density at radius 3 is 2.36 bits per heavy atom. The van der Waals surface area contributed by atoms with Crippen LogP contribution in [0.25, 0.3) is 0 Å². The van der Waals surface area contributed by atoms with Gasteiger partial charge in [0.2, 0.25) is 0 Å². The van der Waals surface area contributed by atoms with Crippen LogP contribution in [0.2, 0.25) is 0 Å². The number of amides is 1. The summed E-state index contributed by atoms with van der Waals surface area (Å²) in [5, 5.41) is 8.72. The summed E-state index contributed by atoms with van der Waals surface area (Å²) in [6, 6.07) is 0. The highest BCUT2D eigenvalue weighted by atomic mass is 16.6. The quantitative estimate of drug-likeness (QED) is 0.702. The van der Waals surface area contributed by atoms with Gasteiger partial charge in [0.15, 0.2) is 0 Å². The van der Waals surface area contributed by atoms with E-state index in [1.807, 2.05) is 0 Å². The molecule has 82 valence electrons. The van der Waals surface area contributed by atoms with E-state index in [0.29, 0.717) is 12.1 Å². The zero-order valence-corrected chi connectivity index (χ0v) is 9.33. The number of likely N-dealkylation sites (N-methyl/N-ethyl adjacent to an activating group) is 1. The molecule has 0 bridgehead atoms. The van der Waals surface area contributed by atoms with Crippen molar-refractivity contribution in [2.24, 2.45) is 0 Å². The van der Waals surface area contributed by atoms with Crippen LogP contribution < -0.4 is 0 Å². The van der Waals surface area contributed by atoms with Crippen molar-refractivity contribution in [2.75, 3.05) is 20.2 Å². The molecular weight excluding hydrogens is 182 g/mol. The second kappa shape index (κ2) is 5.00. The van der Waals surface area contributed by atoms with Crippen LogP contribution in [0.3, 0.4) is 0 Å². The van der Waals surface area contributed by atoms with E-state index >= 15 is 0 Å². The number of hydrogen-bond donors (Lipinski definition) is 1. The van der Waals surface area contributed by atoms with Crippen LogP contribution in [0, 0.1) is 0 Å². The molecular formula is C10H19NO3. The molecule has 0 rings (SSSR count). The van der Waals surface area contributed by atoms with Crippen molar-refractivity contribution in [2.45, 2.75) is 26.4 Å². The van der Waals surface area contributed by atoms with Crippen LogP contribution in [-0.4, -0.2) is 41.9 Å². The molecule has 4 nitrogen and oxygen atoms in total. The first-order valence-electron chi connectivity index (χ1n) is 4.48. The predicted octanol–water partition coefficient (Wildman–Crippen LogP) is 1.40. The van der Waals surface area contributed by atoms with Crippen molar-refractivity contribution in [3.05, 3.63) is 12.2 Å². The molecule has 0 saturated carbocycles. The highest BCUT2D eigenvalue weighted by Gasteiger charge is 2.19. The molecule has 1 amide bonds. The topological polar surface area (TPSA) is 49.8 Å². The van der Waals surface area contributed by atoms with Gasteiger partial charge in [0.05, 0.1) is 6.61 Å². The smallest absolute Gasteiger partial charge is 0.410 e. The van der Waals surface area contributed by atoms with E-state index in [-0.39, 0.29) is 6.61 Å². The summed E-state index contributed by atoms with van der Waals surface area (Å²) < 4.78 is 5.11.